The average molecular weight is 359 g/mol. The van der Waals surface area contributed by atoms with Gasteiger partial charge in [-0.15, -0.1) is 0 Å². The molecular weight excluding hydrogens is 344 g/mol. The minimum Gasteiger partial charge on any atom is -0.466 e. The molecule has 1 aromatic rings. The van der Waals surface area contributed by atoms with Gasteiger partial charge in [-0.1, -0.05) is 60.3 Å². The van der Waals surface area contributed by atoms with E-state index >= 15 is 0 Å². The van der Waals surface area contributed by atoms with E-state index in [0.29, 0.717) is 17.2 Å². The first-order valence-electron chi connectivity index (χ1n) is 5.97. The predicted molar refractivity (Wildman–Crippen MR) is 83.8 cm³/mol. The van der Waals surface area contributed by atoms with Crippen LogP contribution in [0.3, 0.4) is 0 Å². The number of ether oxygens (including phenoxy) is 1. The van der Waals surface area contributed by atoms with Crippen molar-refractivity contribution in [2.75, 3.05) is 0 Å². The molecule has 0 heterocycles. The van der Waals surface area contributed by atoms with Crippen LogP contribution in [0.15, 0.2) is 24.3 Å². The first-order valence-corrected chi connectivity index (χ1v) is 7.48. The van der Waals surface area contributed by atoms with E-state index in [1.165, 1.54) is 0 Å². The average Bonchev–Trinajstić information content (AvgIpc) is 2.28. The van der Waals surface area contributed by atoms with E-state index in [-0.39, 0.29) is 11.8 Å². The van der Waals surface area contributed by atoms with Crippen molar-refractivity contribution in [2.24, 2.45) is 5.92 Å². The summed E-state index contributed by atoms with van der Waals surface area (Å²) in [6, 6.07) is 6.53. The number of nitrogens with one attached hydrogen (secondary N) is 1. The van der Waals surface area contributed by atoms with E-state index in [0.717, 1.165) is 0 Å². The zero-order valence-electron chi connectivity index (χ0n) is 11.0. The molecule has 0 saturated carbocycles. The summed E-state index contributed by atoms with van der Waals surface area (Å²) in [5, 5.41) is 3.12. The van der Waals surface area contributed by atoms with Gasteiger partial charge in [-0.2, -0.15) is 0 Å². The van der Waals surface area contributed by atoms with E-state index < -0.39 is 10.0 Å². The molecule has 112 valence electrons. The van der Waals surface area contributed by atoms with Gasteiger partial charge >= 0.3 is 0 Å². The van der Waals surface area contributed by atoms with Gasteiger partial charge in [0.25, 0.3) is 0 Å². The van der Waals surface area contributed by atoms with Gasteiger partial charge in [0.1, 0.15) is 5.75 Å². The molecule has 0 fully saturated rings. The highest BCUT2D eigenvalue weighted by molar-refractivity contribution is 6.68. The molecule has 0 aliphatic rings. The molecule has 1 aromatic carbocycles. The maximum Gasteiger partial charge on any atom is 0.246 e. The van der Waals surface area contributed by atoms with Gasteiger partial charge in [0.15, 0.2) is 0 Å². The number of hydrogen-bond donors (Lipinski definition) is 1. The predicted octanol–water partition coefficient (Wildman–Crippen LogP) is 4.58. The Kier molecular flexibility index (Phi) is 6.73. The number of carbonyl (C=O) groups excluding carboxylic acids is 1. The van der Waals surface area contributed by atoms with Gasteiger partial charge < -0.3 is 10.1 Å². The third-order valence-electron chi connectivity index (χ3n) is 2.25. The molecule has 0 unspecified atom stereocenters. The molecule has 1 atom stereocenters. The highest BCUT2D eigenvalue weighted by atomic mass is 35.6. The minimum atomic E-state index is -1.79. The number of halogens is 4. The summed E-state index contributed by atoms with van der Waals surface area (Å²) in [6.45, 7) is 3.84. The zero-order valence-corrected chi connectivity index (χ0v) is 14.0. The van der Waals surface area contributed by atoms with Crippen LogP contribution in [0.25, 0.3) is 0 Å². The first kappa shape index (κ1) is 17.7. The van der Waals surface area contributed by atoms with Crippen LogP contribution in [0, 0.1) is 5.92 Å². The van der Waals surface area contributed by atoms with Crippen LogP contribution < -0.4 is 10.1 Å². The number of carbonyl (C=O) groups is 1. The van der Waals surface area contributed by atoms with Gasteiger partial charge in [-0.25, -0.2) is 0 Å². The summed E-state index contributed by atoms with van der Waals surface area (Å²) in [5.74, 6) is 0.391. The van der Waals surface area contributed by atoms with E-state index in [4.69, 9.17) is 51.1 Å². The summed E-state index contributed by atoms with van der Waals surface area (Å²) in [4.78, 5) is 11.8. The SMILES string of the molecule is CC(C)CC(=O)N[C@@H](Oc1ccc(Cl)cc1)C(Cl)(Cl)Cl. The number of hydrogen-bond acceptors (Lipinski definition) is 2. The second-order valence-electron chi connectivity index (χ2n) is 4.66. The lowest BCUT2D eigenvalue weighted by Crippen LogP contribution is -2.48. The third-order valence-corrected chi connectivity index (χ3v) is 3.10. The number of amides is 1. The van der Waals surface area contributed by atoms with Crippen molar-refractivity contribution in [3.05, 3.63) is 29.3 Å². The molecule has 7 heteroatoms. The summed E-state index contributed by atoms with van der Waals surface area (Å²) in [7, 11) is 0. The third kappa shape index (κ3) is 6.40. The molecule has 0 aliphatic carbocycles. The van der Waals surface area contributed by atoms with Crippen molar-refractivity contribution in [3.63, 3.8) is 0 Å². The molecular formula is C13H15Cl4NO2. The molecule has 3 nitrogen and oxygen atoms in total. The Morgan fingerprint density at radius 2 is 1.80 bits per heavy atom. The molecule has 0 saturated heterocycles. The number of benzene rings is 1. The highest BCUT2D eigenvalue weighted by Crippen LogP contribution is 2.32. The topological polar surface area (TPSA) is 38.3 Å². The van der Waals surface area contributed by atoms with Crippen LogP contribution in [0.4, 0.5) is 0 Å². The van der Waals surface area contributed by atoms with E-state index in [1.54, 1.807) is 24.3 Å². The van der Waals surface area contributed by atoms with Crippen molar-refractivity contribution < 1.29 is 9.53 Å². The fourth-order valence-electron chi connectivity index (χ4n) is 1.40. The minimum absolute atomic E-state index is 0.196. The maximum absolute atomic E-state index is 11.8. The Morgan fingerprint density at radius 1 is 1.25 bits per heavy atom. The van der Waals surface area contributed by atoms with Gasteiger partial charge in [-0.3, -0.25) is 4.79 Å². The molecule has 1 rings (SSSR count). The van der Waals surface area contributed by atoms with Gasteiger partial charge in [0, 0.05) is 11.4 Å². The van der Waals surface area contributed by atoms with Crippen molar-refractivity contribution >= 4 is 52.3 Å². The van der Waals surface area contributed by atoms with E-state index in [2.05, 4.69) is 5.32 Å². The Balaban J connectivity index is 2.75. The van der Waals surface area contributed by atoms with Gasteiger partial charge in [0.2, 0.25) is 15.9 Å². The van der Waals surface area contributed by atoms with Crippen LogP contribution in [-0.4, -0.2) is 15.9 Å². The molecule has 0 radical (unpaired) electrons. The lowest BCUT2D eigenvalue weighted by molar-refractivity contribution is -0.124. The van der Waals surface area contributed by atoms with Crippen molar-refractivity contribution in [2.45, 2.75) is 30.3 Å². The Bertz CT molecular complexity index is 443. The number of alkyl halides is 3. The lowest BCUT2D eigenvalue weighted by atomic mass is 10.1. The van der Waals surface area contributed by atoms with Crippen molar-refractivity contribution in [1.29, 1.82) is 0 Å². The van der Waals surface area contributed by atoms with E-state index in [9.17, 15) is 4.79 Å². The van der Waals surface area contributed by atoms with Crippen LogP contribution in [-0.2, 0) is 4.79 Å². The van der Waals surface area contributed by atoms with Gasteiger partial charge in [-0.05, 0) is 30.2 Å². The quantitative estimate of drug-likeness (QED) is 0.618. The van der Waals surface area contributed by atoms with E-state index in [1.807, 2.05) is 13.8 Å². The maximum atomic E-state index is 11.8. The summed E-state index contributed by atoms with van der Waals surface area (Å²) < 4.78 is 3.71. The van der Waals surface area contributed by atoms with Crippen LogP contribution in [0.1, 0.15) is 20.3 Å². The molecule has 0 spiro atoms. The van der Waals surface area contributed by atoms with Crippen LogP contribution >= 0.6 is 46.4 Å². The zero-order chi connectivity index (χ0) is 15.3. The molecule has 1 amide bonds. The number of rotatable bonds is 5. The van der Waals surface area contributed by atoms with Crippen molar-refractivity contribution in [1.82, 2.24) is 5.32 Å². The molecule has 1 N–H and O–H groups in total. The fraction of sp³-hybridized carbons (Fsp3) is 0.462. The normalized spacial score (nSPS) is 13.2. The van der Waals surface area contributed by atoms with Crippen LogP contribution in [0.5, 0.6) is 5.75 Å². The Hall–Kier alpha value is -0.350. The summed E-state index contributed by atoms with van der Waals surface area (Å²) in [5.41, 5.74) is 0. The standard InChI is InChI=1S/C13H15Cl4NO2/c1-8(2)7-11(19)18-12(13(15,16)17)20-10-5-3-9(14)4-6-10/h3-6,8,12H,7H2,1-2H3,(H,18,19)/t12-/m0/s1. The second-order valence-corrected chi connectivity index (χ2v) is 7.46. The fourth-order valence-corrected chi connectivity index (χ4v) is 1.83. The molecule has 20 heavy (non-hydrogen) atoms. The molecule has 0 aromatic heterocycles. The lowest BCUT2D eigenvalue weighted by Gasteiger charge is -2.26. The largest absolute Gasteiger partial charge is 0.466 e. The van der Waals surface area contributed by atoms with Crippen molar-refractivity contribution in [3.8, 4) is 5.75 Å². The first-order chi connectivity index (χ1) is 9.18. The Labute approximate surface area is 138 Å². The van der Waals surface area contributed by atoms with Crippen LogP contribution in [0.2, 0.25) is 5.02 Å². The smallest absolute Gasteiger partial charge is 0.246 e. The monoisotopic (exact) mass is 357 g/mol. The highest BCUT2D eigenvalue weighted by Gasteiger charge is 2.36. The Morgan fingerprint density at radius 3 is 2.25 bits per heavy atom. The molecule has 0 bridgehead atoms. The molecule has 0 aliphatic heterocycles. The summed E-state index contributed by atoms with van der Waals surface area (Å²) >= 11 is 23.3. The summed E-state index contributed by atoms with van der Waals surface area (Å²) in [6.07, 6.45) is -0.763. The second kappa shape index (κ2) is 7.60. The van der Waals surface area contributed by atoms with Gasteiger partial charge in [0.05, 0.1) is 0 Å².